The second-order valence-corrected chi connectivity index (χ2v) is 7.16. The largest absolute Gasteiger partial charge is 1.00 e. The number of fused-ring (bicyclic) bond motifs is 1. The fourth-order valence-electron chi connectivity index (χ4n) is 3.38. The monoisotopic (exact) mass is 371 g/mol. The van der Waals surface area contributed by atoms with Crippen molar-refractivity contribution in [2.45, 2.75) is 44.9 Å². The van der Waals surface area contributed by atoms with Crippen molar-refractivity contribution in [1.82, 2.24) is 0 Å². The molecule has 0 fully saturated rings. The Morgan fingerprint density at radius 3 is 2.42 bits per heavy atom. The lowest BCUT2D eigenvalue weighted by Gasteiger charge is -2.09. The number of nitrogens with zero attached hydrogens (tertiary/aromatic N) is 1. The van der Waals surface area contributed by atoms with E-state index in [0.29, 0.717) is 12.2 Å². The summed E-state index contributed by atoms with van der Waals surface area (Å²) in [5, 5.41) is 0. The van der Waals surface area contributed by atoms with Gasteiger partial charge in [0.15, 0.2) is 6.21 Å². The zero-order chi connectivity index (χ0) is 17.7. The summed E-state index contributed by atoms with van der Waals surface area (Å²) in [4.78, 5) is 11.8. The molecule has 26 heavy (non-hydrogen) atoms. The van der Waals surface area contributed by atoms with E-state index in [0.717, 1.165) is 25.8 Å². The van der Waals surface area contributed by atoms with Gasteiger partial charge in [-0.05, 0) is 38.8 Å². The van der Waals surface area contributed by atoms with Crippen LogP contribution in [0.4, 0.5) is 5.69 Å². The van der Waals surface area contributed by atoms with Gasteiger partial charge in [-0.15, -0.1) is 0 Å². The van der Waals surface area contributed by atoms with Gasteiger partial charge in [0, 0.05) is 24.5 Å². The molecule has 3 nitrogen and oxygen atoms in total. The van der Waals surface area contributed by atoms with E-state index < -0.39 is 0 Å². The van der Waals surface area contributed by atoms with Gasteiger partial charge in [0.05, 0.1) is 5.41 Å². The number of halogens is 1. The molecule has 0 amide bonds. The number of esters is 1. The Labute approximate surface area is 162 Å². The standard InChI is InChI=1S/C22H26NO2.ClH/c1-22(2)17-23(20-14-9-8-13-19(20)22)16-10-4-7-15-21(24)25-18-11-5-3-6-12-18;/h3,5-6,8-9,11-14,17H,4,7,10,15-16H2,1-2H3;1H/q+1;/p-1. The van der Waals surface area contributed by atoms with E-state index in [2.05, 4.69) is 48.9 Å². The van der Waals surface area contributed by atoms with Gasteiger partial charge in [-0.3, -0.25) is 4.79 Å². The minimum atomic E-state index is -0.148. The number of ether oxygens (including phenoxy) is 1. The number of carbonyl (C=O) groups is 1. The van der Waals surface area contributed by atoms with Crippen LogP contribution in [0.2, 0.25) is 0 Å². The number of unbranched alkanes of at least 4 members (excludes halogenated alkanes) is 2. The normalized spacial score (nSPS) is 14.2. The molecule has 0 unspecified atom stereocenters. The third-order valence-electron chi connectivity index (χ3n) is 4.64. The highest BCUT2D eigenvalue weighted by molar-refractivity contribution is 5.76. The topological polar surface area (TPSA) is 29.3 Å². The van der Waals surface area contributed by atoms with Gasteiger partial charge in [-0.25, -0.2) is 4.58 Å². The van der Waals surface area contributed by atoms with Gasteiger partial charge in [-0.1, -0.05) is 36.4 Å². The average Bonchev–Trinajstić information content (AvgIpc) is 2.87. The molecule has 138 valence electrons. The summed E-state index contributed by atoms with van der Waals surface area (Å²) < 4.78 is 7.67. The van der Waals surface area contributed by atoms with Crippen molar-refractivity contribution >= 4 is 17.9 Å². The van der Waals surface area contributed by atoms with Crippen LogP contribution in [-0.4, -0.2) is 23.3 Å². The van der Waals surface area contributed by atoms with Gasteiger partial charge < -0.3 is 17.1 Å². The Balaban J connectivity index is 0.00000243. The van der Waals surface area contributed by atoms with Crippen molar-refractivity contribution in [2.75, 3.05) is 6.54 Å². The van der Waals surface area contributed by atoms with Crippen LogP contribution in [0.1, 0.15) is 45.1 Å². The first kappa shape index (κ1) is 20.2. The molecule has 0 bridgehead atoms. The SMILES string of the molecule is CC1(C)C=[N+](CCCCCC(=O)Oc2ccccc2)c2ccccc21.[Cl-]. The predicted octanol–water partition coefficient (Wildman–Crippen LogP) is 1.86. The number of hydrogen-bond acceptors (Lipinski definition) is 2. The summed E-state index contributed by atoms with van der Waals surface area (Å²) >= 11 is 0. The van der Waals surface area contributed by atoms with E-state index in [1.54, 1.807) is 12.1 Å². The molecule has 0 aromatic heterocycles. The maximum Gasteiger partial charge on any atom is 0.311 e. The molecule has 1 heterocycles. The number of para-hydroxylation sites is 2. The Morgan fingerprint density at radius 1 is 0.962 bits per heavy atom. The van der Waals surface area contributed by atoms with E-state index >= 15 is 0 Å². The second-order valence-electron chi connectivity index (χ2n) is 7.16. The van der Waals surface area contributed by atoms with E-state index in [4.69, 9.17) is 4.74 Å². The van der Waals surface area contributed by atoms with Crippen LogP contribution >= 0.6 is 0 Å². The molecule has 0 atom stereocenters. The average molecular weight is 372 g/mol. The third-order valence-corrected chi connectivity index (χ3v) is 4.64. The summed E-state index contributed by atoms with van der Waals surface area (Å²) in [5.41, 5.74) is 2.80. The van der Waals surface area contributed by atoms with Crippen molar-refractivity contribution in [2.24, 2.45) is 0 Å². The lowest BCUT2D eigenvalue weighted by Crippen LogP contribution is -3.00. The van der Waals surface area contributed by atoms with E-state index in [1.807, 2.05) is 18.2 Å². The summed E-state index contributed by atoms with van der Waals surface area (Å²) in [6.45, 7) is 5.50. The molecular formula is C22H26ClNO2. The van der Waals surface area contributed by atoms with Gasteiger partial charge in [0.25, 0.3) is 0 Å². The van der Waals surface area contributed by atoms with Crippen molar-refractivity contribution in [3.63, 3.8) is 0 Å². The molecule has 0 spiro atoms. The van der Waals surface area contributed by atoms with Crippen molar-refractivity contribution in [3.05, 3.63) is 60.2 Å². The van der Waals surface area contributed by atoms with Crippen LogP contribution in [0, 0.1) is 0 Å². The first-order valence-corrected chi connectivity index (χ1v) is 9.04. The molecule has 0 saturated heterocycles. The molecule has 3 rings (SSSR count). The fourth-order valence-corrected chi connectivity index (χ4v) is 3.38. The van der Waals surface area contributed by atoms with Gasteiger partial charge >= 0.3 is 5.97 Å². The third kappa shape index (κ3) is 4.95. The second kappa shape index (κ2) is 9.00. The molecule has 0 saturated carbocycles. The zero-order valence-electron chi connectivity index (χ0n) is 15.5. The Morgan fingerprint density at radius 2 is 1.65 bits per heavy atom. The zero-order valence-corrected chi connectivity index (χ0v) is 16.2. The lowest BCUT2D eigenvalue weighted by molar-refractivity contribution is -0.434. The van der Waals surface area contributed by atoms with Crippen molar-refractivity contribution < 1.29 is 26.5 Å². The highest BCUT2D eigenvalue weighted by Crippen LogP contribution is 2.35. The Bertz CT molecular complexity index is 769. The first-order chi connectivity index (χ1) is 12.1. The van der Waals surface area contributed by atoms with Crippen molar-refractivity contribution in [1.29, 1.82) is 0 Å². The number of hydrogen-bond donors (Lipinski definition) is 0. The molecule has 1 aliphatic rings. The first-order valence-electron chi connectivity index (χ1n) is 9.04. The maximum absolute atomic E-state index is 11.8. The van der Waals surface area contributed by atoms with E-state index in [1.165, 1.54) is 11.3 Å². The molecule has 0 N–H and O–H groups in total. The molecule has 2 aromatic carbocycles. The molecule has 4 heteroatoms. The molecule has 2 aromatic rings. The fraction of sp³-hybridized carbons (Fsp3) is 0.364. The molecule has 1 aliphatic heterocycles. The molecule has 0 aliphatic carbocycles. The van der Waals surface area contributed by atoms with Crippen LogP contribution in [0.15, 0.2) is 54.6 Å². The van der Waals surface area contributed by atoms with Gasteiger partial charge in [-0.2, -0.15) is 0 Å². The minimum Gasteiger partial charge on any atom is -1.00 e. The van der Waals surface area contributed by atoms with Crippen LogP contribution in [0.25, 0.3) is 0 Å². The van der Waals surface area contributed by atoms with Gasteiger partial charge in [0.2, 0.25) is 5.69 Å². The summed E-state index contributed by atoms with van der Waals surface area (Å²) in [7, 11) is 0. The summed E-state index contributed by atoms with van der Waals surface area (Å²) in [6.07, 6.45) is 5.75. The quantitative estimate of drug-likeness (QED) is 0.322. The highest BCUT2D eigenvalue weighted by Gasteiger charge is 2.36. The number of benzene rings is 2. The maximum atomic E-state index is 11.8. The summed E-state index contributed by atoms with van der Waals surface area (Å²) in [5.74, 6) is 0.475. The van der Waals surface area contributed by atoms with Gasteiger partial charge in [0.1, 0.15) is 12.3 Å². The van der Waals surface area contributed by atoms with Crippen LogP contribution in [0.3, 0.4) is 0 Å². The lowest BCUT2D eigenvalue weighted by atomic mass is 9.87. The molecule has 0 radical (unpaired) electrons. The highest BCUT2D eigenvalue weighted by atomic mass is 35.5. The van der Waals surface area contributed by atoms with E-state index in [9.17, 15) is 4.79 Å². The number of carbonyl (C=O) groups excluding carboxylic acids is 1. The number of rotatable bonds is 7. The van der Waals surface area contributed by atoms with E-state index in [-0.39, 0.29) is 23.8 Å². The minimum absolute atomic E-state index is 0. The smallest absolute Gasteiger partial charge is 0.311 e. The van der Waals surface area contributed by atoms with Crippen LogP contribution in [-0.2, 0) is 10.2 Å². The Kier molecular flexibility index (Phi) is 6.98. The van der Waals surface area contributed by atoms with Crippen LogP contribution in [0.5, 0.6) is 5.75 Å². The van der Waals surface area contributed by atoms with Crippen LogP contribution < -0.4 is 17.1 Å². The molecular weight excluding hydrogens is 346 g/mol. The summed E-state index contributed by atoms with van der Waals surface area (Å²) in [6, 6.07) is 17.9. The Hall–Kier alpha value is -2.13. The van der Waals surface area contributed by atoms with Crippen molar-refractivity contribution in [3.8, 4) is 5.75 Å². The predicted molar refractivity (Wildman–Crippen MR) is 101 cm³/mol.